The number of methoxy groups -OCH3 is 3. The molecular formula is C26H23ClN2O5S. The van der Waals surface area contributed by atoms with Gasteiger partial charge in [-0.05, 0) is 48.0 Å². The largest absolute Gasteiger partial charge is 0.497 e. The monoisotopic (exact) mass is 510 g/mol. The molecule has 0 atom stereocenters. The summed E-state index contributed by atoms with van der Waals surface area (Å²) in [4.78, 5) is 17.3. The smallest absolute Gasteiger partial charge is 0.275 e. The van der Waals surface area contributed by atoms with Crippen molar-refractivity contribution in [3.63, 3.8) is 0 Å². The summed E-state index contributed by atoms with van der Waals surface area (Å²) in [7, 11) is 4.67. The molecule has 0 fully saturated rings. The number of ether oxygens (including phenoxy) is 4. The van der Waals surface area contributed by atoms with E-state index in [0.29, 0.717) is 51.0 Å². The quantitative estimate of drug-likeness (QED) is 0.284. The molecule has 0 aliphatic rings. The van der Waals surface area contributed by atoms with E-state index in [1.165, 1.54) is 18.4 Å². The Balaban J connectivity index is 1.48. The fourth-order valence-corrected chi connectivity index (χ4v) is 4.32. The van der Waals surface area contributed by atoms with E-state index in [1.54, 1.807) is 37.8 Å². The molecule has 0 unspecified atom stereocenters. The molecule has 0 saturated heterocycles. The predicted molar refractivity (Wildman–Crippen MR) is 137 cm³/mol. The van der Waals surface area contributed by atoms with E-state index >= 15 is 0 Å². The summed E-state index contributed by atoms with van der Waals surface area (Å²) in [5.41, 5.74) is 2.58. The fraction of sp³-hybridized carbons (Fsp3) is 0.154. The summed E-state index contributed by atoms with van der Waals surface area (Å²) in [6, 6.07) is 18.2. The minimum absolute atomic E-state index is 0.295. The van der Waals surface area contributed by atoms with Crippen LogP contribution in [-0.4, -0.2) is 32.2 Å². The number of anilines is 1. The second kappa shape index (κ2) is 11.1. The fourth-order valence-electron chi connectivity index (χ4n) is 3.31. The van der Waals surface area contributed by atoms with Crippen molar-refractivity contribution in [3.8, 4) is 33.6 Å². The van der Waals surface area contributed by atoms with Crippen molar-refractivity contribution in [2.45, 2.75) is 6.61 Å². The Morgan fingerprint density at radius 3 is 2.51 bits per heavy atom. The van der Waals surface area contributed by atoms with Gasteiger partial charge in [0.15, 0.2) is 11.5 Å². The summed E-state index contributed by atoms with van der Waals surface area (Å²) in [5, 5.41) is 5.87. The SMILES string of the molecule is COc1ccc(NC(=O)c2csc(-c3ccc(OCc4cccc(Cl)c4)c(OC)c3)n2)c(OC)c1. The predicted octanol–water partition coefficient (Wildman–Crippen LogP) is 6.32. The Kier molecular flexibility index (Phi) is 7.74. The van der Waals surface area contributed by atoms with Crippen LogP contribution >= 0.6 is 22.9 Å². The Labute approximate surface area is 212 Å². The zero-order chi connectivity index (χ0) is 24.8. The number of amides is 1. The molecule has 1 heterocycles. The lowest BCUT2D eigenvalue weighted by Gasteiger charge is -2.12. The number of hydrogen-bond acceptors (Lipinski definition) is 7. The molecule has 0 bridgehead atoms. The standard InChI is InChI=1S/C26H23ClN2O5S/c1-31-19-8-9-20(23(13-19)32-2)28-25(30)21-15-35-26(29-21)17-7-10-22(24(12-17)33-3)34-14-16-5-4-6-18(27)11-16/h4-13,15H,14H2,1-3H3,(H,28,30). The zero-order valence-corrected chi connectivity index (χ0v) is 20.9. The third-order valence-corrected chi connectivity index (χ3v) is 6.21. The van der Waals surface area contributed by atoms with Crippen LogP contribution in [0.15, 0.2) is 66.0 Å². The van der Waals surface area contributed by atoms with E-state index in [-0.39, 0.29) is 5.91 Å². The van der Waals surface area contributed by atoms with Crippen LogP contribution in [0.2, 0.25) is 5.02 Å². The van der Waals surface area contributed by atoms with Crippen molar-refractivity contribution < 1.29 is 23.7 Å². The number of aromatic nitrogens is 1. The molecule has 3 aromatic carbocycles. The molecule has 1 N–H and O–H groups in total. The number of carbonyl (C=O) groups excluding carboxylic acids is 1. The summed E-state index contributed by atoms with van der Waals surface area (Å²) in [5.74, 6) is 1.94. The first kappa shape index (κ1) is 24.4. The Morgan fingerprint density at radius 1 is 0.943 bits per heavy atom. The van der Waals surface area contributed by atoms with Crippen molar-refractivity contribution in [2.24, 2.45) is 0 Å². The lowest BCUT2D eigenvalue weighted by atomic mass is 10.2. The highest BCUT2D eigenvalue weighted by Crippen LogP contribution is 2.35. The summed E-state index contributed by atoms with van der Waals surface area (Å²) in [6.45, 7) is 0.354. The number of thiazole rings is 1. The molecule has 180 valence electrons. The Bertz CT molecular complexity index is 1340. The van der Waals surface area contributed by atoms with Crippen LogP contribution in [-0.2, 0) is 6.61 Å². The van der Waals surface area contributed by atoms with Crippen molar-refractivity contribution in [1.29, 1.82) is 0 Å². The van der Waals surface area contributed by atoms with Gasteiger partial charge in [-0.15, -0.1) is 11.3 Å². The molecule has 0 saturated carbocycles. The first-order valence-electron chi connectivity index (χ1n) is 10.5. The van der Waals surface area contributed by atoms with Crippen LogP contribution in [0, 0.1) is 0 Å². The number of rotatable bonds is 9. The average Bonchev–Trinajstić information content (AvgIpc) is 3.38. The highest BCUT2D eigenvalue weighted by molar-refractivity contribution is 7.13. The Morgan fingerprint density at radius 2 is 1.77 bits per heavy atom. The van der Waals surface area contributed by atoms with Crippen LogP contribution in [0.4, 0.5) is 5.69 Å². The number of nitrogens with zero attached hydrogens (tertiary/aromatic N) is 1. The maximum atomic E-state index is 12.8. The molecule has 0 radical (unpaired) electrons. The van der Waals surface area contributed by atoms with Gasteiger partial charge in [-0.25, -0.2) is 4.98 Å². The second-order valence-corrected chi connectivity index (χ2v) is 8.64. The highest BCUT2D eigenvalue weighted by atomic mass is 35.5. The van der Waals surface area contributed by atoms with Crippen LogP contribution in [0.3, 0.4) is 0 Å². The van der Waals surface area contributed by atoms with Gasteiger partial charge in [0, 0.05) is 22.0 Å². The van der Waals surface area contributed by atoms with E-state index in [9.17, 15) is 4.79 Å². The minimum atomic E-state index is -0.343. The number of nitrogens with one attached hydrogen (secondary N) is 1. The van der Waals surface area contributed by atoms with Crippen molar-refractivity contribution in [2.75, 3.05) is 26.6 Å². The maximum Gasteiger partial charge on any atom is 0.275 e. The molecule has 1 amide bonds. The lowest BCUT2D eigenvalue weighted by molar-refractivity contribution is 0.102. The van der Waals surface area contributed by atoms with E-state index in [0.717, 1.165) is 11.1 Å². The second-order valence-electron chi connectivity index (χ2n) is 7.34. The molecule has 0 spiro atoms. The molecule has 0 aliphatic carbocycles. The summed E-state index contributed by atoms with van der Waals surface area (Å²) in [6.07, 6.45) is 0. The topological polar surface area (TPSA) is 78.9 Å². The first-order chi connectivity index (χ1) is 17.0. The van der Waals surface area contributed by atoms with Gasteiger partial charge in [-0.2, -0.15) is 0 Å². The molecule has 0 aliphatic heterocycles. The summed E-state index contributed by atoms with van der Waals surface area (Å²) < 4.78 is 22.0. The van der Waals surface area contributed by atoms with Gasteiger partial charge in [-0.1, -0.05) is 23.7 Å². The van der Waals surface area contributed by atoms with Gasteiger partial charge in [0.25, 0.3) is 5.91 Å². The van der Waals surface area contributed by atoms with Crippen molar-refractivity contribution in [1.82, 2.24) is 4.98 Å². The van der Waals surface area contributed by atoms with Crippen LogP contribution in [0.25, 0.3) is 10.6 Å². The van der Waals surface area contributed by atoms with Gasteiger partial charge in [0.05, 0.1) is 27.0 Å². The van der Waals surface area contributed by atoms with E-state index in [4.69, 9.17) is 30.5 Å². The van der Waals surface area contributed by atoms with E-state index in [2.05, 4.69) is 10.3 Å². The lowest BCUT2D eigenvalue weighted by Crippen LogP contribution is -2.13. The van der Waals surface area contributed by atoms with E-state index in [1.807, 2.05) is 42.5 Å². The minimum Gasteiger partial charge on any atom is -0.497 e. The van der Waals surface area contributed by atoms with Gasteiger partial charge >= 0.3 is 0 Å². The molecule has 1 aromatic heterocycles. The van der Waals surface area contributed by atoms with Gasteiger partial charge in [-0.3, -0.25) is 4.79 Å². The molecular weight excluding hydrogens is 488 g/mol. The van der Waals surface area contributed by atoms with Crippen molar-refractivity contribution in [3.05, 3.63) is 82.3 Å². The number of hydrogen-bond donors (Lipinski definition) is 1. The highest BCUT2D eigenvalue weighted by Gasteiger charge is 2.16. The van der Waals surface area contributed by atoms with Gasteiger partial charge in [0.2, 0.25) is 0 Å². The maximum absolute atomic E-state index is 12.8. The normalized spacial score (nSPS) is 10.5. The van der Waals surface area contributed by atoms with Crippen molar-refractivity contribution >= 4 is 34.5 Å². The molecule has 4 rings (SSSR count). The number of carbonyl (C=O) groups is 1. The van der Waals surface area contributed by atoms with Crippen LogP contribution in [0.5, 0.6) is 23.0 Å². The van der Waals surface area contributed by atoms with Gasteiger partial charge < -0.3 is 24.3 Å². The van der Waals surface area contributed by atoms with Crippen LogP contribution in [0.1, 0.15) is 16.1 Å². The third-order valence-electron chi connectivity index (χ3n) is 5.09. The molecule has 35 heavy (non-hydrogen) atoms. The first-order valence-corrected chi connectivity index (χ1v) is 11.8. The molecule has 4 aromatic rings. The molecule has 9 heteroatoms. The number of benzene rings is 3. The zero-order valence-electron chi connectivity index (χ0n) is 19.3. The summed E-state index contributed by atoms with van der Waals surface area (Å²) >= 11 is 7.41. The Hall–Kier alpha value is -3.75. The number of halogens is 1. The van der Waals surface area contributed by atoms with Gasteiger partial charge in [0.1, 0.15) is 28.8 Å². The third kappa shape index (κ3) is 5.85. The van der Waals surface area contributed by atoms with Crippen LogP contribution < -0.4 is 24.3 Å². The molecule has 7 nitrogen and oxygen atoms in total. The van der Waals surface area contributed by atoms with E-state index < -0.39 is 0 Å². The average molecular weight is 511 g/mol.